The Morgan fingerprint density at radius 2 is 1.58 bits per heavy atom. The van der Waals surface area contributed by atoms with E-state index in [9.17, 15) is 8.42 Å². The Morgan fingerprint density at radius 3 is 2.21 bits per heavy atom. The lowest BCUT2D eigenvalue weighted by molar-refractivity contribution is 0.318. The number of aryl methyl sites for hydroxylation is 3. The predicted octanol–water partition coefficient (Wildman–Crippen LogP) is 3.53. The molecule has 0 amide bonds. The summed E-state index contributed by atoms with van der Waals surface area (Å²) in [5.41, 5.74) is 4.42. The molecule has 0 radical (unpaired) electrons. The van der Waals surface area contributed by atoms with Crippen LogP contribution in [0.3, 0.4) is 0 Å². The largest absolute Gasteiger partial charge is 0.492 e. The molecule has 0 spiro atoms. The Balaban J connectivity index is 1.95. The second-order valence-corrected chi connectivity index (χ2v) is 7.66. The number of ether oxygens (including phenoxy) is 1. The van der Waals surface area contributed by atoms with Crippen molar-refractivity contribution in [3.05, 3.63) is 58.7 Å². The summed E-state index contributed by atoms with van der Waals surface area (Å²) in [5.74, 6) is 0.835. The summed E-state index contributed by atoms with van der Waals surface area (Å²) in [4.78, 5) is 0.280. The van der Waals surface area contributed by atoms with Gasteiger partial charge in [0.1, 0.15) is 12.4 Å². The molecule has 0 saturated heterocycles. The van der Waals surface area contributed by atoms with E-state index in [4.69, 9.17) is 4.74 Å². The van der Waals surface area contributed by atoms with Gasteiger partial charge in [-0.25, -0.2) is 13.1 Å². The fraction of sp³-hybridized carbons (Fsp3) is 0.368. The monoisotopic (exact) mass is 347 g/mol. The van der Waals surface area contributed by atoms with Gasteiger partial charge in [0.2, 0.25) is 10.0 Å². The van der Waals surface area contributed by atoms with E-state index in [0.29, 0.717) is 0 Å². The number of sulfonamides is 1. The molecule has 0 aromatic heterocycles. The molecule has 0 fully saturated rings. The number of benzene rings is 2. The lowest BCUT2D eigenvalue weighted by Gasteiger charge is -2.14. The molecule has 130 valence electrons. The second kappa shape index (κ2) is 7.81. The summed E-state index contributed by atoms with van der Waals surface area (Å²) in [6.45, 7) is 8.58. The van der Waals surface area contributed by atoms with Crippen molar-refractivity contribution >= 4 is 10.0 Å². The van der Waals surface area contributed by atoms with Crippen molar-refractivity contribution in [2.75, 3.05) is 13.2 Å². The van der Waals surface area contributed by atoms with E-state index in [1.165, 1.54) is 0 Å². The molecule has 24 heavy (non-hydrogen) atoms. The van der Waals surface area contributed by atoms with Gasteiger partial charge in [-0.2, -0.15) is 0 Å². The van der Waals surface area contributed by atoms with E-state index >= 15 is 0 Å². The Bertz CT molecular complexity index is 796. The van der Waals surface area contributed by atoms with Gasteiger partial charge in [-0.1, -0.05) is 31.2 Å². The van der Waals surface area contributed by atoms with E-state index in [1.54, 1.807) is 12.1 Å². The summed E-state index contributed by atoms with van der Waals surface area (Å²) in [7, 11) is -3.50. The highest BCUT2D eigenvalue weighted by Crippen LogP contribution is 2.25. The van der Waals surface area contributed by atoms with E-state index < -0.39 is 10.0 Å². The van der Waals surface area contributed by atoms with E-state index in [0.717, 1.165) is 34.4 Å². The molecule has 0 aliphatic carbocycles. The minimum atomic E-state index is -3.50. The molecule has 0 heterocycles. The molecule has 5 heteroatoms. The molecule has 0 bridgehead atoms. The van der Waals surface area contributed by atoms with Crippen molar-refractivity contribution in [1.82, 2.24) is 4.72 Å². The maximum atomic E-state index is 12.3. The molecule has 0 unspecified atom stereocenters. The fourth-order valence-electron chi connectivity index (χ4n) is 2.46. The first kappa shape index (κ1) is 18.5. The minimum absolute atomic E-state index is 0.227. The van der Waals surface area contributed by atoms with Crippen LogP contribution in [0.5, 0.6) is 5.75 Å². The number of hydrogen-bond donors (Lipinski definition) is 1. The highest BCUT2D eigenvalue weighted by molar-refractivity contribution is 7.89. The fourth-order valence-corrected chi connectivity index (χ4v) is 3.48. The smallest absolute Gasteiger partial charge is 0.240 e. The standard InChI is InChI=1S/C19H25NO3S/c1-5-17-8-10-18(11-9-17)24(21,22)20-12-13-23-19-15(3)7-6-14(2)16(19)4/h6-11,20H,5,12-13H2,1-4H3. The summed E-state index contributed by atoms with van der Waals surface area (Å²) in [6.07, 6.45) is 0.886. The van der Waals surface area contributed by atoms with Crippen molar-refractivity contribution in [2.24, 2.45) is 0 Å². The number of rotatable bonds is 7. The van der Waals surface area contributed by atoms with Crippen LogP contribution in [0.4, 0.5) is 0 Å². The zero-order chi connectivity index (χ0) is 17.7. The average molecular weight is 347 g/mol. The zero-order valence-electron chi connectivity index (χ0n) is 14.7. The van der Waals surface area contributed by atoms with Gasteiger partial charge in [0.25, 0.3) is 0 Å². The summed E-state index contributed by atoms with van der Waals surface area (Å²) < 4.78 is 32.9. The highest BCUT2D eigenvalue weighted by Gasteiger charge is 2.13. The lowest BCUT2D eigenvalue weighted by atomic mass is 10.1. The molecule has 2 aromatic carbocycles. The van der Waals surface area contributed by atoms with Gasteiger partial charge >= 0.3 is 0 Å². The van der Waals surface area contributed by atoms with Gasteiger partial charge in [0.15, 0.2) is 0 Å². The Hall–Kier alpha value is -1.85. The molecular weight excluding hydrogens is 322 g/mol. The van der Waals surface area contributed by atoms with Crippen molar-refractivity contribution in [1.29, 1.82) is 0 Å². The van der Waals surface area contributed by atoms with Crippen LogP contribution in [0.15, 0.2) is 41.3 Å². The van der Waals surface area contributed by atoms with Crippen LogP contribution in [0.2, 0.25) is 0 Å². The Labute approximate surface area is 144 Å². The first-order valence-corrected chi connectivity index (χ1v) is 9.61. The van der Waals surface area contributed by atoms with Crippen molar-refractivity contribution in [3.8, 4) is 5.75 Å². The number of hydrogen-bond acceptors (Lipinski definition) is 3. The predicted molar refractivity (Wildman–Crippen MR) is 97.2 cm³/mol. The summed E-state index contributed by atoms with van der Waals surface area (Å²) in [6, 6.07) is 11.0. The highest BCUT2D eigenvalue weighted by atomic mass is 32.2. The molecule has 1 N–H and O–H groups in total. The van der Waals surface area contributed by atoms with E-state index in [-0.39, 0.29) is 18.0 Å². The Kier molecular flexibility index (Phi) is 6.02. The van der Waals surface area contributed by atoms with Crippen LogP contribution < -0.4 is 9.46 Å². The number of nitrogens with one attached hydrogen (secondary N) is 1. The summed E-state index contributed by atoms with van der Waals surface area (Å²) in [5, 5.41) is 0. The van der Waals surface area contributed by atoms with E-state index in [1.807, 2.05) is 45.9 Å². The van der Waals surface area contributed by atoms with E-state index in [2.05, 4.69) is 10.8 Å². The third kappa shape index (κ3) is 4.36. The van der Waals surface area contributed by atoms with Gasteiger partial charge in [0, 0.05) is 6.54 Å². The lowest BCUT2D eigenvalue weighted by Crippen LogP contribution is -2.28. The molecule has 4 nitrogen and oxygen atoms in total. The SMILES string of the molecule is CCc1ccc(S(=O)(=O)NCCOc2c(C)ccc(C)c2C)cc1. The Morgan fingerprint density at radius 1 is 0.958 bits per heavy atom. The minimum Gasteiger partial charge on any atom is -0.492 e. The quantitative estimate of drug-likeness (QED) is 0.780. The molecule has 0 aliphatic rings. The molecule has 0 saturated carbocycles. The second-order valence-electron chi connectivity index (χ2n) is 5.90. The van der Waals surface area contributed by atoms with Gasteiger partial charge in [-0.05, 0) is 61.6 Å². The van der Waals surface area contributed by atoms with Crippen LogP contribution in [0.25, 0.3) is 0 Å². The first-order valence-electron chi connectivity index (χ1n) is 8.13. The maximum absolute atomic E-state index is 12.3. The molecule has 2 rings (SSSR count). The molecule has 0 aliphatic heterocycles. The first-order chi connectivity index (χ1) is 11.3. The van der Waals surface area contributed by atoms with Crippen LogP contribution in [0.1, 0.15) is 29.2 Å². The van der Waals surface area contributed by atoms with Crippen molar-refractivity contribution in [2.45, 2.75) is 39.0 Å². The third-order valence-corrected chi connectivity index (χ3v) is 5.63. The third-order valence-electron chi connectivity index (χ3n) is 4.16. The van der Waals surface area contributed by atoms with Crippen molar-refractivity contribution in [3.63, 3.8) is 0 Å². The summed E-state index contributed by atoms with van der Waals surface area (Å²) >= 11 is 0. The van der Waals surface area contributed by atoms with Crippen LogP contribution in [0, 0.1) is 20.8 Å². The topological polar surface area (TPSA) is 55.4 Å². The average Bonchev–Trinajstić information content (AvgIpc) is 2.57. The van der Waals surface area contributed by atoms with Crippen molar-refractivity contribution < 1.29 is 13.2 Å². The van der Waals surface area contributed by atoms with Gasteiger partial charge in [-0.15, -0.1) is 0 Å². The zero-order valence-corrected chi connectivity index (χ0v) is 15.5. The van der Waals surface area contributed by atoms with Crippen LogP contribution in [-0.4, -0.2) is 21.6 Å². The van der Waals surface area contributed by atoms with Crippen LogP contribution in [-0.2, 0) is 16.4 Å². The van der Waals surface area contributed by atoms with Gasteiger partial charge in [-0.3, -0.25) is 0 Å². The molecule has 2 aromatic rings. The van der Waals surface area contributed by atoms with Gasteiger partial charge in [0.05, 0.1) is 4.90 Å². The van der Waals surface area contributed by atoms with Crippen LogP contribution >= 0.6 is 0 Å². The maximum Gasteiger partial charge on any atom is 0.240 e. The molecular formula is C19H25NO3S. The molecule has 0 atom stereocenters. The van der Waals surface area contributed by atoms with Gasteiger partial charge < -0.3 is 4.74 Å². The normalized spacial score (nSPS) is 11.5.